The molecule has 1 aromatic carbocycles. The van der Waals surface area contributed by atoms with Gasteiger partial charge in [-0.1, -0.05) is 0 Å². The predicted octanol–water partition coefficient (Wildman–Crippen LogP) is 1.93. The number of methoxy groups -OCH3 is 2. The van der Waals surface area contributed by atoms with Crippen LogP contribution < -0.4 is 10.1 Å². The van der Waals surface area contributed by atoms with Crippen molar-refractivity contribution in [2.75, 3.05) is 19.5 Å². The summed E-state index contributed by atoms with van der Waals surface area (Å²) in [6, 6.07) is 6.88. The van der Waals surface area contributed by atoms with Crippen molar-refractivity contribution in [1.29, 1.82) is 5.26 Å². The van der Waals surface area contributed by atoms with Crippen LogP contribution in [0.4, 0.5) is 5.69 Å². The third-order valence-corrected chi connectivity index (χ3v) is 2.65. The topological polar surface area (TPSA) is 71.3 Å². The monoisotopic (exact) mass is 248 g/mol. The van der Waals surface area contributed by atoms with Gasteiger partial charge in [-0.15, -0.1) is 0 Å². The summed E-state index contributed by atoms with van der Waals surface area (Å²) < 4.78 is 10.1. The third-order valence-electron chi connectivity index (χ3n) is 2.65. The van der Waals surface area contributed by atoms with Crippen LogP contribution in [-0.4, -0.2) is 25.7 Å². The van der Waals surface area contributed by atoms with E-state index < -0.39 is 5.60 Å². The van der Waals surface area contributed by atoms with Crippen LogP contribution in [0.3, 0.4) is 0 Å². The average Bonchev–Trinajstić information content (AvgIpc) is 2.38. The van der Waals surface area contributed by atoms with Crippen LogP contribution in [0.25, 0.3) is 0 Å². The quantitative estimate of drug-likeness (QED) is 0.883. The van der Waals surface area contributed by atoms with Gasteiger partial charge in [0.25, 0.3) is 5.91 Å². The number of anilines is 1. The summed E-state index contributed by atoms with van der Waals surface area (Å²) >= 11 is 0. The molecular weight excluding hydrogens is 232 g/mol. The van der Waals surface area contributed by atoms with Crippen molar-refractivity contribution in [3.05, 3.63) is 23.8 Å². The first-order valence-electron chi connectivity index (χ1n) is 5.39. The lowest BCUT2D eigenvalue weighted by molar-refractivity contribution is -0.133. The minimum Gasteiger partial charge on any atom is -0.497 e. The average molecular weight is 248 g/mol. The van der Waals surface area contributed by atoms with E-state index in [1.807, 2.05) is 6.07 Å². The highest BCUT2D eigenvalue weighted by Gasteiger charge is 2.27. The molecule has 0 aliphatic carbocycles. The number of nitrogens with zero attached hydrogens (tertiary/aromatic N) is 1. The fourth-order valence-electron chi connectivity index (χ4n) is 1.22. The fourth-order valence-corrected chi connectivity index (χ4v) is 1.22. The summed E-state index contributed by atoms with van der Waals surface area (Å²) in [6.07, 6.45) is 0. The van der Waals surface area contributed by atoms with E-state index in [1.54, 1.807) is 32.0 Å². The molecule has 18 heavy (non-hydrogen) atoms. The number of benzene rings is 1. The van der Waals surface area contributed by atoms with Crippen molar-refractivity contribution in [3.63, 3.8) is 0 Å². The SMILES string of the molecule is COc1ccc(NC(=O)C(C)(C)OC)c(C#N)c1. The Morgan fingerprint density at radius 1 is 1.39 bits per heavy atom. The molecule has 0 aromatic heterocycles. The zero-order valence-corrected chi connectivity index (χ0v) is 10.9. The smallest absolute Gasteiger partial charge is 0.256 e. The number of nitriles is 1. The Labute approximate surface area is 106 Å². The van der Waals surface area contributed by atoms with Crippen LogP contribution in [-0.2, 0) is 9.53 Å². The van der Waals surface area contributed by atoms with Crippen molar-refractivity contribution in [2.45, 2.75) is 19.4 Å². The summed E-state index contributed by atoms with van der Waals surface area (Å²) in [4.78, 5) is 11.9. The van der Waals surface area contributed by atoms with Crippen molar-refractivity contribution >= 4 is 11.6 Å². The van der Waals surface area contributed by atoms with E-state index in [2.05, 4.69) is 5.32 Å². The normalized spacial score (nSPS) is 10.6. The number of hydrogen-bond acceptors (Lipinski definition) is 4. The van der Waals surface area contributed by atoms with Crippen molar-refractivity contribution in [3.8, 4) is 11.8 Å². The molecule has 1 N–H and O–H groups in total. The second kappa shape index (κ2) is 5.52. The molecule has 0 bridgehead atoms. The van der Waals surface area contributed by atoms with Crippen LogP contribution in [0.1, 0.15) is 19.4 Å². The number of carbonyl (C=O) groups is 1. The molecule has 1 aromatic rings. The van der Waals surface area contributed by atoms with Crippen LogP contribution in [0, 0.1) is 11.3 Å². The predicted molar refractivity (Wildman–Crippen MR) is 67.4 cm³/mol. The van der Waals surface area contributed by atoms with Crippen LogP contribution in [0.15, 0.2) is 18.2 Å². The largest absolute Gasteiger partial charge is 0.497 e. The number of ether oxygens (including phenoxy) is 2. The maximum atomic E-state index is 11.9. The minimum absolute atomic E-state index is 0.313. The summed E-state index contributed by atoms with van der Waals surface area (Å²) in [7, 11) is 2.97. The molecule has 0 saturated heterocycles. The molecule has 0 unspecified atom stereocenters. The molecule has 0 aliphatic heterocycles. The molecule has 96 valence electrons. The van der Waals surface area contributed by atoms with Gasteiger partial charge >= 0.3 is 0 Å². The first kappa shape index (κ1) is 14.0. The molecule has 1 rings (SSSR count). The van der Waals surface area contributed by atoms with E-state index in [0.29, 0.717) is 17.0 Å². The molecule has 0 aliphatic rings. The first-order chi connectivity index (χ1) is 8.44. The summed E-state index contributed by atoms with van der Waals surface area (Å²) in [5.41, 5.74) is -0.171. The zero-order valence-electron chi connectivity index (χ0n) is 10.9. The number of nitrogens with one attached hydrogen (secondary N) is 1. The van der Waals surface area contributed by atoms with Gasteiger partial charge in [-0.3, -0.25) is 4.79 Å². The Bertz CT molecular complexity index is 489. The van der Waals surface area contributed by atoms with E-state index in [0.717, 1.165) is 0 Å². The highest BCUT2D eigenvalue weighted by atomic mass is 16.5. The van der Waals surface area contributed by atoms with Crippen LogP contribution in [0.2, 0.25) is 0 Å². The second-order valence-electron chi connectivity index (χ2n) is 4.19. The molecular formula is C13H16N2O3. The van der Waals surface area contributed by atoms with E-state index in [4.69, 9.17) is 14.7 Å². The molecule has 5 heteroatoms. The summed E-state index contributed by atoms with van der Waals surface area (Å²) in [5.74, 6) is 0.252. The fraction of sp³-hybridized carbons (Fsp3) is 0.385. The molecule has 0 saturated carbocycles. The third kappa shape index (κ3) is 2.99. The van der Waals surface area contributed by atoms with Gasteiger partial charge in [-0.2, -0.15) is 5.26 Å². The van der Waals surface area contributed by atoms with E-state index in [-0.39, 0.29) is 5.91 Å². The summed E-state index contributed by atoms with van der Waals surface area (Å²) in [5, 5.41) is 11.7. The van der Waals surface area contributed by atoms with E-state index in [1.165, 1.54) is 14.2 Å². The van der Waals surface area contributed by atoms with Crippen molar-refractivity contribution in [2.24, 2.45) is 0 Å². The van der Waals surface area contributed by atoms with E-state index >= 15 is 0 Å². The lowest BCUT2D eigenvalue weighted by Gasteiger charge is -2.22. The molecule has 0 fully saturated rings. The molecule has 0 spiro atoms. The van der Waals surface area contributed by atoms with Gasteiger partial charge in [0.1, 0.15) is 17.4 Å². The lowest BCUT2D eigenvalue weighted by Crippen LogP contribution is -2.38. The van der Waals surface area contributed by atoms with Gasteiger partial charge in [0.2, 0.25) is 0 Å². The lowest BCUT2D eigenvalue weighted by atomic mass is 10.1. The first-order valence-corrected chi connectivity index (χ1v) is 5.39. The Balaban J connectivity index is 2.99. The maximum absolute atomic E-state index is 11.9. The highest BCUT2D eigenvalue weighted by Crippen LogP contribution is 2.22. The number of hydrogen-bond donors (Lipinski definition) is 1. The molecule has 0 radical (unpaired) electrons. The van der Waals surface area contributed by atoms with E-state index in [9.17, 15) is 4.79 Å². The molecule has 0 atom stereocenters. The minimum atomic E-state index is -0.952. The van der Waals surface area contributed by atoms with Gasteiger partial charge in [0, 0.05) is 7.11 Å². The van der Waals surface area contributed by atoms with Crippen molar-refractivity contribution in [1.82, 2.24) is 0 Å². The van der Waals surface area contributed by atoms with Gasteiger partial charge in [0.05, 0.1) is 18.4 Å². The Morgan fingerprint density at radius 3 is 2.56 bits per heavy atom. The van der Waals surface area contributed by atoms with Gasteiger partial charge in [0.15, 0.2) is 0 Å². The molecule has 0 heterocycles. The number of carbonyl (C=O) groups excluding carboxylic acids is 1. The molecule has 1 amide bonds. The Morgan fingerprint density at radius 2 is 2.06 bits per heavy atom. The van der Waals surface area contributed by atoms with Crippen LogP contribution in [0.5, 0.6) is 5.75 Å². The zero-order chi connectivity index (χ0) is 13.8. The number of amides is 1. The maximum Gasteiger partial charge on any atom is 0.256 e. The standard InChI is InChI=1S/C13H16N2O3/c1-13(2,18-4)12(16)15-11-6-5-10(17-3)7-9(11)8-14/h5-7H,1-4H3,(H,15,16). The van der Waals surface area contributed by atoms with Gasteiger partial charge in [-0.05, 0) is 32.0 Å². The highest BCUT2D eigenvalue weighted by molar-refractivity contribution is 5.97. The Hall–Kier alpha value is -2.06. The second-order valence-corrected chi connectivity index (χ2v) is 4.19. The Kier molecular flexibility index (Phi) is 4.29. The van der Waals surface area contributed by atoms with Crippen molar-refractivity contribution < 1.29 is 14.3 Å². The summed E-state index contributed by atoms with van der Waals surface area (Å²) in [6.45, 7) is 3.30. The molecule has 5 nitrogen and oxygen atoms in total. The number of rotatable bonds is 4. The van der Waals surface area contributed by atoms with Gasteiger partial charge < -0.3 is 14.8 Å². The van der Waals surface area contributed by atoms with Gasteiger partial charge in [-0.25, -0.2) is 0 Å². The van der Waals surface area contributed by atoms with Crippen LogP contribution >= 0.6 is 0 Å².